The normalized spacial score (nSPS) is 12.4. The quantitative estimate of drug-likeness (QED) is 0.758. The van der Waals surface area contributed by atoms with Crippen LogP contribution in [-0.2, 0) is 9.53 Å². The van der Waals surface area contributed by atoms with Gasteiger partial charge in [0, 0.05) is 18.7 Å². The number of ether oxygens (including phenoxy) is 1. The predicted molar refractivity (Wildman–Crippen MR) is 83.1 cm³/mol. The van der Waals surface area contributed by atoms with E-state index in [1.165, 1.54) is 0 Å². The van der Waals surface area contributed by atoms with Gasteiger partial charge in [0.25, 0.3) is 0 Å². The number of hydrogen-bond donors (Lipinski definition) is 2. The molecule has 0 saturated heterocycles. The molecule has 1 aromatic carbocycles. The third-order valence-electron chi connectivity index (χ3n) is 3.19. The first-order valence-electron chi connectivity index (χ1n) is 6.58. The molecule has 0 aliphatic rings. The van der Waals surface area contributed by atoms with Crippen LogP contribution in [0.15, 0.2) is 18.2 Å². The second kappa shape index (κ2) is 8.09. The summed E-state index contributed by atoms with van der Waals surface area (Å²) < 4.78 is 5.05. The zero-order valence-electron chi connectivity index (χ0n) is 12.1. The Labute approximate surface area is 125 Å². The van der Waals surface area contributed by atoms with Crippen LogP contribution in [0.4, 0.5) is 11.4 Å². The number of hydrogen-bond acceptors (Lipinski definition) is 4. The molecule has 5 nitrogen and oxygen atoms in total. The fraction of sp³-hybridized carbons (Fsp3) is 0.500. The smallest absolute Gasteiger partial charge is 0.241 e. The number of anilines is 2. The van der Waals surface area contributed by atoms with E-state index < -0.39 is 0 Å². The van der Waals surface area contributed by atoms with E-state index in [1.807, 2.05) is 18.7 Å². The first-order valence-corrected chi connectivity index (χ1v) is 6.96. The van der Waals surface area contributed by atoms with Crippen molar-refractivity contribution < 1.29 is 9.53 Å². The van der Waals surface area contributed by atoms with E-state index in [4.69, 9.17) is 22.1 Å². The summed E-state index contributed by atoms with van der Waals surface area (Å²) in [6.07, 6.45) is 0. The van der Waals surface area contributed by atoms with Gasteiger partial charge in [-0.15, -0.1) is 0 Å². The van der Waals surface area contributed by atoms with Crippen molar-refractivity contribution in [2.24, 2.45) is 0 Å². The number of rotatable bonds is 7. The van der Waals surface area contributed by atoms with Crippen molar-refractivity contribution in [2.75, 3.05) is 37.9 Å². The number of benzene rings is 1. The van der Waals surface area contributed by atoms with Gasteiger partial charge in [0.15, 0.2) is 0 Å². The van der Waals surface area contributed by atoms with Crippen LogP contribution in [0.5, 0.6) is 0 Å². The minimum absolute atomic E-state index is 0.114. The maximum Gasteiger partial charge on any atom is 0.241 e. The van der Waals surface area contributed by atoms with E-state index in [-0.39, 0.29) is 11.9 Å². The van der Waals surface area contributed by atoms with Crippen molar-refractivity contribution in [3.63, 3.8) is 0 Å². The number of methoxy groups -OCH3 is 1. The fourth-order valence-corrected chi connectivity index (χ4v) is 2.05. The first kappa shape index (κ1) is 16.8. The van der Waals surface area contributed by atoms with Crippen molar-refractivity contribution >= 4 is 28.9 Å². The largest absolute Gasteiger partial charge is 0.397 e. The monoisotopic (exact) mass is 299 g/mol. The maximum atomic E-state index is 12.2. The topological polar surface area (TPSA) is 67.6 Å². The SMILES string of the molecule is CCN(CCOC)C(C)C(=O)Nc1cc(Cl)ccc1N. The number of nitrogens with one attached hydrogen (secondary N) is 1. The lowest BCUT2D eigenvalue weighted by molar-refractivity contribution is -0.120. The lowest BCUT2D eigenvalue weighted by atomic mass is 10.2. The Bertz CT molecular complexity index is 454. The average molecular weight is 300 g/mol. The summed E-state index contributed by atoms with van der Waals surface area (Å²) in [5, 5.41) is 3.35. The Balaban J connectivity index is 2.71. The van der Waals surface area contributed by atoms with Crippen LogP contribution in [0, 0.1) is 0 Å². The Morgan fingerprint density at radius 3 is 2.85 bits per heavy atom. The number of nitrogens with two attached hydrogens (primary N) is 1. The van der Waals surface area contributed by atoms with E-state index in [0.717, 1.165) is 6.54 Å². The summed E-state index contributed by atoms with van der Waals surface area (Å²) in [5.41, 5.74) is 6.85. The molecule has 1 atom stereocenters. The number of amides is 1. The summed E-state index contributed by atoms with van der Waals surface area (Å²) in [6, 6.07) is 4.74. The molecule has 0 aromatic heterocycles. The summed E-state index contributed by atoms with van der Waals surface area (Å²) in [6.45, 7) is 5.92. The van der Waals surface area contributed by atoms with Crippen molar-refractivity contribution in [3.05, 3.63) is 23.2 Å². The third-order valence-corrected chi connectivity index (χ3v) is 3.42. The minimum atomic E-state index is -0.270. The van der Waals surface area contributed by atoms with Crippen LogP contribution < -0.4 is 11.1 Å². The molecular weight excluding hydrogens is 278 g/mol. The molecule has 20 heavy (non-hydrogen) atoms. The van der Waals surface area contributed by atoms with Crippen molar-refractivity contribution in [1.29, 1.82) is 0 Å². The number of carbonyl (C=O) groups is 1. The van der Waals surface area contributed by atoms with Gasteiger partial charge in [-0.3, -0.25) is 9.69 Å². The number of nitrogens with zero attached hydrogens (tertiary/aromatic N) is 1. The van der Waals surface area contributed by atoms with E-state index in [2.05, 4.69) is 5.32 Å². The Kier molecular flexibility index (Phi) is 6.78. The summed E-state index contributed by atoms with van der Waals surface area (Å²) in [4.78, 5) is 14.3. The van der Waals surface area contributed by atoms with Gasteiger partial charge in [0.05, 0.1) is 24.0 Å². The number of halogens is 1. The summed E-state index contributed by atoms with van der Waals surface area (Å²) >= 11 is 5.90. The van der Waals surface area contributed by atoms with Crippen LogP contribution in [0.25, 0.3) is 0 Å². The zero-order chi connectivity index (χ0) is 15.1. The number of nitrogen functional groups attached to an aromatic ring is 1. The highest BCUT2D eigenvalue weighted by Gasteiger charge is 2.20. The number of carbonyl (C=O) groups excluding carboxylic acids is 1. The van der Waals surface area contributed by atoms with Gasteiger partial charge in [-0.05, 0) is 31.7 Å². The van der Waals surface area contributed by atoms with Gasteiger partial charge in [-0.1, -0.05) is 18.5 Å². The molecule has 0 saturated carbocycles. The molecule has 0 heterocycles. The Hall–Kier alpha value is -1.30. The van der Waals surface area contributed by atoms with Crippen LogP contribution >= 0.6 is 11.6 Å². The van der Waals surface area contributed by atoms with E-state index in [1.54, 1.807) is 25.3 Å². The van der Waals surface area contributed by atoms with Crippen molar-refractivity contribution in [3.8, 4) is 0 Å². The standard InChI is InChI=1S/C14H22ClN3O2/c1-4-18(7-8-20-3)10(2)14(19)17-13-9-11(15)5-6-12(13)16/h5-6,9-10H,4,7-8,16H2,1-3H3,(H,17,19). The van der Waals surface area contributed by atoms with E-state index in [9.17, 15) is 4.79 Å². The molecule has 1 amide bonds. The van der Waals surface area contributed by atoms with Crippen molar-refractivity contribution in [1.82, 2.24) is 4.90 Å². The predicted octanol–water partition coefficient (Wildman–Crippen LogP) is 2.22. The van der Waals surface area contributed by atoms with Gasteiger partial charge < -0.3 is 15.8 Å². The molecule has 0 radical (unpaired) electrons. The van der Waals surface area contributed by atoms with E-state index in [0.29, 0.717) is 29.5 Å². The molecule has 3 N–H and O–H groups in total. The van der Waals surface area contributed by atoms with Gasteiger partial charge >= 0.3 is 0 Å². The highest BCUT2D eigenvalue weighted by Crippen LogP contribution is 2.23. The fourth-order valence-electron chi connectivity index (χ4n) is 1.87. The Morgan fingerprint density at radius 1 is 1.55 bits per heavy atom. The van der Waals surface area contributed by atoms with Gasteiger partial charge in [0.1, 0.15) is 0 Å². The van der Waals surface area contributed by atoms with Gasteiger partial charge in [-0.25, -0.2) is 0 Å². The summed E-state index contributed by atoms with van der Waals surface area (Å²) in [5.74, 6) is -0.114. The molecule has 1 rings (SSSR count). The molecule has 1 aromatic rings. The van der Waals surface area contributed by atoms with Crippen LogP contribution in [-0.4, -0.2) is 43.7 Å². The minimum Gasteiger partial charge on any atom is -0.397 e. The van der Waals surface area contributed by atoms with Crippen LogP contribution in [0.1, 0.15) is 13.8 Å². The van der Waals surface area contributed by atoms with Crippen LogP contribution in [0.3, 0.4) is 0 Å². The summed E-state index contributed by atoms with van der Waals surface area (Å²) in [7, 11) is 1.64. The van der Waals surface area contributed by atoms with Gasteiger partial charge in [0.2, 0.25) is 5.91 Å². The molecule has 0 aliphatic carbocycles. The third kappa shape index (κ3) is 4.67. The first-order chi connectivity index (χ1) is 9.49. The zero-order valence-corrected chi connectivity index (χ0v) is 12.9. The molecule has 0 spiro atoms. The average Bonchev–Trinajstić information content (AvgIpc) is 2.43. The lowest BCUT2D eigenvalue weighted by Gasteiger charge is -2.26. The Morgan fingerprint density at radius 2 is 2.25 bits per heavy atom. The number of likely N-dealkylation sites (N-methyl/N-ethyl adjacent to an activating group) is 1. The molecule has 0 bridgehead atoms. The highest BCUT2D eigenvalue weighted by molar-refractivity contribution is 6.31. The lowest BCUT2D eigenvalue weighted by Crippen LogP contribution is -2.43. The second-order valence-electron chi connectivity index (χ2n) is 4.52. The molecule has 112 valence electrons. The molecule has 0 aliphatic heterocycles. The second-order valence-corrected chi connectivity index (χ2v) is 4.95. The van der Waals surface area contributed by atoms with Gasteiger partial charge in [-0.2, -0.15) is 0 Å². The molecule has 6 heteroatoms. The van der Waals surface area contributed by atoms with E-state index >= 15 is 0 Å². The highest BCUT2D eigenvalue weighted by atomic mass is 35.5. The molecule has 1 unspecified atom stereocenters. The van der Waals surface area contributed by atoms with Crippen molar-refractivity contribution in [2.45, 2.75) is 19.9 Å². The maximum absolute atomic E-state index is 12.2. The molecular formula is C14H22ClN3O2. The van der Waals surface area contributed by atoms with Crippen LogP contribution in [0.2, 0.25) is 5.02 Å². The molecule has 0 fully saturated rings.